The van der Waals surface area contributed by atoms with Gasteiger partial charge in [0, 0.05) is 25.2 Å². The lowest BCUT2D eigenvalue weighted by Gasteiger charge is -2.41. The normalized spacial score (nSPS) is 23.1. The minimum Gasteiger partial charge on any atom is -0.355 e. The van der Waals surface area contributed by atoms with Gasteiger partial charge in [-0.3, -0.25) is 9.89 Å². The summed E-state index contributed by atoms with van der Waals surface area (Å²) in [5.41, 5.74) is 0.202. The maximum absolute atomic E-state index is 4.38. The van der Waals surface area contributed by atoms with Crippen LogP contribution in [0.25, 0.3) is 0 Å². The number of hydrogen-bond acceptors (Lipinski definition) is 2. The minimum absolute atomic E-state index is 0.202. The van der Waals surface area contributed by atoms with E-state index in [1.54, 1.807) is 0 Å². The Labute approximate surface area is 124 Å². The SMILES string of the molecule is CN=C(NCC(C)(C)N1CCCCC1)NC1CCCC1. The zero-order chi connectivity index (χ0) is 14.4. The van der Waals surface area contributed by atoms with E-state index in [2.05, 4.69) is 34.4 Å². The fourth-order valence-electron chi connectivity index (χ4n) is 3.37. The topological polar surface area (TPSA) is 39.7 Å². The van der Waals surface area contributed by atoms with Crippen molar-refractivity contribution < 1.29 is 0 Å². The molecule has 20 heavy (non-hydrogen) atoms. The summed E-state index contributed by atoms with van der Waals surface area (Å²) in [4.78, 5) is 6.99. The molecule has 0 aromatic rings. The summed E-state index contributed by atoms with van der Waals surface area (Å²) in [6, 6.07) is 0.624. The van der Waals surface area contributed by atoms with Crippen molar-refractivity contribution in [3.8, 4) is 0 Å². The smallest absolute Gasteiger partial charge is 0.191 e. The number of rotatable bonds is 4. The number of guanidine groups is 1. The van der Waals surface area contributed by atoms with Gasteiger partial charge in [-0.25, -0.2) is 0 Å². The van der Waals surface area contributed by atoms with Gasteiger partial charge in [0.15, 0.2) is 5.96 Å². The molecule has 0 amide bonds. The lowest BCUT2D eigenvalue weighted by Crippen LogP contribution is -2.55. The van der Waals surface area contributed by atoms with E-state index in [0.717, 1.165) is 12.5 Å². The molecule has 2 fully saturated rings. The second kappa shape index (κ2) is 7.30. The van der Waals surface area contributed by atoms with Crippen LogP contribution in [0.5, 0.6) is 0 Å². The third-order valence-electron chi connectivity index (χ3n) is 4.82. The van der Waals surface area contributed by atoms with Gasteiger partial charge in [0.05, 0.1) is 0 Å². The fraction of sp³-hybridized carbons (Fsp3) is 0.938. The van der Waals surface area contributed by atoms with E-state index in [0.29, 0.717) is 6.04 Å². The van der Waals surface area contributed by atoms with Gasteiger partial charge in [-0.2, -0.15) is 0 Å². The Kier molecular flexibility index (Phi) is 5.70. The van der Waals surface area contributed by atoms with Crippen molar-refractivity contribution in [1.82, 2.24) is 15.5 Å². The molecule has 2 N–H and O–H groups in total. The Bertz CT molecular complexity index is 312. The molecule has 0 aromatic heterocycles. The van der Waals surface area contributed by atoms with Gasteiger partial charge in [-0.15, -0.1) is 0 Å². The number of hydrogen-bond donors (Lipinski definition) is 2. The molecule has 1 heterocycles. The Morgan fingerprint density at radius 2 is 1.75 bits per heavy atom. The van der Waals surface area contributed by atoms with Crippen molar-refractivity contribution in [2.24, 2.45) is 4.99 Å². The number of nitrogens with zero attached hydrogens (tertiary/aromatic N) is 2. The Morgan fingerprint density at radius 1 is 1.10 bits per heavy atom. The third kappa shape index (κ3) is 4.37. The molecular weight excluding hydrogens is 248 g/mol. The Hall–Kier alpha value is -0.770. The second-order valence-electron chi connectivity index (χ2n) is 6.91. The maximum Gasteiger partial charge on any atom is 0.191 e. The van der Waals surface area contributed by atoms with Crippen LogP contribution in [-0.4, -0.2) is 49.1 Å². The zero-order valence-electron chi connectivity index (χ0n) is 13.5. The molecule has 116 valence electrons. The van der Waals surface area contributed by atoms with Gasteiger partial charge < -0.3 is 10.6 Å². The fourth-order valence-corrected chi connectivity index (χ4v) is 3.37. The first-order chi connectivity index (χ1) is 9.62. The average molecular weight is 280 g/mol. The molecule has 0 radical (unpaired) electrons. The highest BCUT2D eigenvalue weighted by atomic mass is 15.2. The van der Waals surface area contributed by atoms with Crippen LogP contribution in [0.4, 0.5) is 0 Å². The Balaban J connectivity index is 1.78. The van der Waals surface area contributed by atoms with E-state index in [-0.39, 0.29) is 5.54 Å². The molecule has 4 nitrogen and oxygen atoms in total. The zero-order valence-corrected chi connectivity index (χ0v) is 13.5. The lowest BCUT2D eigenvalue weighted by molar-refractivity contribution is 0.0982. The van der Waals surface area contributed by atoms with Crippen LogP contribution >= 0.6 is 0 Å². The van der Waals surface area contributed by atoms with Crippen LogP contribution in [0.3, 0.4) is 0 Å². The molecule has 0 atom stereocenters. The monoisotopic (exact) mass is 280 g/mol. The van der Waals surface area contributed by atoms with Crippen LogP contribution < -0.4 is 10.6 Å². The predicted molar refractivity (Wildman–Crippen MR) is 86.3 cm³/mol. The highest BCUT2D eigenvalue weighted by Crippen LogP contribution is 2.20. The van der Waals surface area contributed by atoms with Gasteiger partial charge >= 0.3 is 0 Å². The molecule has 4 heteroatoms. The first-order valence-electron chi connectivity index (χ1n) is 8.34. The van der Waals surface area contributed by atoms with E-state index in [9.17, 15) is 0 Å². The van der Waals surface area contributed by atoms with Gasteiger partial charge in [0.25, 0.3) is 0 Å². The van der Waals surface area contributed by atoms with E-state index in [4.69, 9.17) is 0 Å². The minimum atomic E-state index is 0.202. The molecule has 1 aliphatic carbocycles. The van der Waals surface area contributed by atoms with Crippen molar-refractivity contribution in [2.75, 3.05) is 26.7 Å². The van der Waals surface area contributed by atoms with E-state index >= 15 is 0 Å². The second-order valence-corrected chi connectivity index (χ2v) is 6.91. The van der Waals surface area contributed by atoms with Crippen molar-refractivity contribution in [3.63, 3.8) is 0 Å². The predicted octanol–water partition coefficient (Wildman–Crippen LogP) is 2.36. The van der Waals surface area contributed by atoms with E-state index in [1.807, 2.05) is 7.05 Å². The molecule has 0 aromatic carbocycles. The molecule has 1 saturated carbocycles. The highest BCUT2D eigenvalue weighted by molar-refractivity contribution is 5.80. The largest absolute Gasteiger partial charge is 0.355 e. The summed E-state index contributed by atoms with van der Waals surface area (Å²) in [5, 5.41) is 7.09. The van der Waals surface area contributed by atoms with Gasteiger partial charge in [0.1, 0.15) is 0 Å². The van der Waals surface area contributed by atoms with Gasteiger partial charge in [-0.05, 0) is 52.6 Å². The van der Waals surface area contributed by atoms with Gasteiger partial charge in [-0.1, -0.05) is 19.3 Å². The molecule has 2 rings (SSSR count). The number of aliphatic imine (C=N–C) groups is 1. The summed E-state index contributed by atoms with van der Waals surface area (Å²) in [6.07, 6.45) is 9.37. The molecule has 0 bridgehead atoms. The first kappa shape index (κ1) is 15.6. The maximum atomic E-state index is 4.38. The molecule has 0 spiro atoms. The van der Waals surface area contributed by atoms with Gasteiger partial charge in [0.2, 0.25) is 0 Å². The number of likely N-dealkylation sites (tertiary alicyclic amines) is 1. The van der Waals surface area contributed by atoms with Crippen molar-refractivity contribution in [1.29, 1.82) is 0 Å². The molecule has 1 aliphatic heterocycles. The average Bonchev–Trinajstić information content (AvgIpc) is 2.97. The third-order valence-corrected chi connectivity index (χ3v) is 4.82. The standard InChI is InChI=1S/C16H32N4/c1-16(2,20-11-7-4-8-12-20)13-18-15(17-3)19-14-9-5-6-10-14/h14H,4-13H2,1-3H3,(H2,17,18,19). The Morgan fingerprint density at radius 3 is 2.35 bits per heavy atom. The summed E-state index contributed by atoms with van der Waals surface area (Å²) < 4.78 is 0. The number of nitrogens with one attached hydrogen (secondary N) is 2. The first-order valence-corrected chi connectivity index (χ1v) is 8.34. The van der Waals surface area contributed by atoms with Crippen molar-refractivity contribution >= 4 is 5.96 Å². The van der Waals surface area contributed by atoms with Crippen LogP contribution in [0.1, 0.15) is 58.8 Å². The molecule has 1 saturated heterocycles. The molecule has 0 unspecified atom stereocenters. The molecular formula is C16H32N4. The van der Waals surface area contributed by atoms with Crippen LogP contribution in [0.2, 0.25) is 0 Å². The van der Waals surface area contributed by atoms with Crippen molar-refractivity contribution in [3.05, 3.63) is 0 Å². The summed E-state index contributed by atoms with van der Waals surface area (Å²) in [6.45, 7) is 8.12. The lowest BCUT2D eigenvalue weighted by atomic mass is 9.98. The quantitative estimate of drug-likeness (QED) is 0.613. The van der Waals surface area contributed by atoms with E-state index < -0.39 is 0 Å². The number of piperidine rings is 1. The molecule has 2 aliphatic rings. The van der Waals surface area contributed by atoms with Crippen LogP contribution in [0.15, 0.2) is 4.99 Å². The highest BCUT2D eigenvalue weighted by Gasteiger charge is 2.28. The van der Waals surface area contributed by atoms with Crippen LogP contribution in [0, 0.1) is 0 Å². The van der Waals surface area contributed by atoms with Crippen LogP contribution in [-0.2, 0) is 0 Å². The van der Waals surface area contributed by atoms with Crippen molar-refractivity contribution in [2.45, 2.75) is 70.4 Å². The summed E-state index contributed by atoms with van der Waals surface area (Å²) >= 11 is 0. The summed E-state index contributed by atoms with van der Waals surface area (Å²) in [7, 11) is 1.87. The van der Waals surface area contributed by atoms with E-state index in [1.165, 1.54) is 58.0 Å². The summed E-state index contributed by atoms with van der Waals surface area (Å²) in [5.74, 6) is 0.974.